The maximum Gasteiger partial charge on any atom is 0.212 e. The average Bonchev–Trinajstić information content (AvgIpc) is 2.05. The van der Waals surface area contributed by atoms with Gasteiger partial charge in [-0.15, -0.1) is 0 Å². The minimum absolute atomic E-state index is 0.380. The third-order valence-corrected chi connectivity index (χ3v) is 1.23. The lowest BCUT2D eigenvalue weighted by molar-refractivity contribution is 0.104. The summed E-state index contributed by atoms with van der Waals surface area (Å²) in [5.41, 5.74) is 0.380. The first-order valence-corrected chi connectivity index (χ1v) is 3.04. The third kappa shape index (κ3) is 1.77. The van der Waals surface area contributed by atoms with Crippen LogP contribution in [0.5, 0.6) is 5.88 Å². The van der Waals surface area contributed by atoms with Crippen molar-refractivity contribution < 1.29 is 9.53 Å². The van der Waals surface area contributed by atoms with Crippen molar-refractivity contribution in [3.8, 4) is 5.88 Å². The van der Waals surface area contributed by atoms with E-state index in [4.69, 9.17) is 11.7 Å². The Bertz CT molecular complexity index is 253. The van der Waals surface area contributed by atoms with Crippen molar-refractivity contribution in [1.82, 2.24) is 4.98 Å². The number of ketones is 1. The predicted octanol–water partition coefficient (Wildman–Crippen LogP) is 0.984. The first-order chi connectivity index (χ1) is 5.24. The molecule has 56 valence electrons. The first-order valence-electron chi connectivity index (χ1n) is 3.04. The second-order valence-electron chi connectivity index (χ2n) is 1.95. The monoisotopic (exact) mass is 149 g/mol. The van der Waals surface area contributed by atoms with E-state index < -0.39 is 5.78 Å². The van der Waals surface area contributed by atoms with E-state index in [2.05, 4.69) is 4.98 Å². The second kappa shape index (κ2) is 3.14. The van der Waals surface area contributed by atoms with Gasteiger partial charge >= 0.3 is 0 Å². The summed E-state index contributed by atoms with van der Waals surface area (Å²) < 4.78 is 4.79. The summed E-state index contributed by atoms with van der Waals surface area (Å²) in [6, 6.07) is 3.15. The van der Waals surface area contributed by atoms with Gasteiger partial charge in [0.05, 0.1) is 7.11 Å². The van der Waals surface area contributed by atoms with Crippen molar-refractivity contribution in [2.24, 2.45) is 0 Å². The van der Waals surface area contributed by atoms with Gasteiger partial charge in [0.15, 0.2) is 5.78 Å². The van der Waals surface area contributed by atoms with E-state index in [1.165, 1.54) is 13.3 Å². The van der Waals surface area contributed by atoms with Gasteiger partial charge in [-0.1, -0.05) is 0 Å². The van der Waals surface area contributed by atoms with Crippen molar-refractivity contribution in [2.75, 3.05) is 7.11 Å². The molecule has 1 aromatic heterocycles. The maximum absolute atomic E-state index is 10.5. The van der Waals surface area contributed by atoms with E-state index in [0.29, 0.717) is 11.4 Å². The molecule has 0 aromatic carbocycles. The molecule has 0 fully saturated rings. The molecule has 0 saturated carbocycles. The lowest BCUT2D eigenvalue weighted by Crippen LogP contribution is -1.94. The molecule has 0 atom stereocenters. The van der Waals surface area contributed by atoms with Crippen LogP contribution >= 0.6 is 0 Å². The number of hydrogen-bond acceptors (Lipinski definition) is 3. The van der Waals surface area contributed by atoms with Gasteiger partial charge in [0.1, 0.15) is 0 Å². The van der Waals surface area contributed by atoms with Crippen LogP contribution in [-0.2, 0) is 0 Å². The molecule has 0 N–H and O–H groups in total. The molecule has 3 nitrogen and oxygen atoms in total. The van der Waals surface area contributed by atoms with Crippen molar-refractivity contribution in [2.45, 2.75) is 0 Å². The van der Waals surface area contributed by atoms with Crippen molar-refractivity contribution in [1.29, 1.82) is 0 Å². The lowest BCUT2D eigenvalue weighted by Gasteiger charge is -1.97. The van der Waals surface area contributed by atoms with Gasteiger partial charge < -0.3 is 4.74 Å². The highest BCUT2D eigenvalue weighted by molar-refractivity contribution is 5.98. The number of ether oxygens (including phenoxy) is 1. The quantitative estimate of drug-likeness (QED) is 0.588. The van der Waals surface area contributed by atoms with E-state index >= 15 is 0 Å². The fourth-order valence-corrected chi connectivity index (χ4v) is 0.647. The molecule has 1 heterocycles. The van der Waals surface area contributed by atoms with Crippen LogP contribution in [0.1, 0.15) is 10.4 Å². The van der Waals surface area contributed by atoms with Crippen molar-refractivity contribution in [3.63, 3.8) is 0 Å². The molecule has 0 aliphatic carbocycles. The molecule has 0 bridgehead atoms. The van der Waals surface area contributed by atoms with Crippen molar-refractivity contribution in [3.05, 3.63) is 30.8 Å². The fourth-order valence-electron chi connectivity index (χ4n) is 0.647. The Hall–Kier alpha value is -1.38. The molecule has 3 heteroatoms. The Labute approximate surface area is 65.0 Å². The molecule has 0 unspecified atom stereocenters. The Morgan fingerprint density at radius 1 is 1.64 bits per heavy atom. The highest BCUT2D eigenvalue weighted by Gasteiger charge is 1.98. The third-order valence-electron chi connectivity index (χ3n) is 1.23. The van der Waals surface area contributed by atoms with Crippen LogP contribution < -0.4 is 4.74 Å². The summed E-state index contributed by atoms with van der Waals surface area (Å²) in [6.45, 7) is 4.99. The summed E-state index contributed by atoms with van der Waals surface area (Å²) in [7, 11) is 1.51. The molecule has 0 saturated heterocycles. The van der Waals surface area contributed by atoms with E-state index in [9.17, 15) is 4.79 Å². The molecule has 1 rings (SSSR count). The van der Waals surface area contributed by atoms with Gasteiger partial charge in [-0.3, -0.25) is 4.79 Å². The van der Waals surface area contributed by atoms with Gasteiger partial charge in [0.2, 0.25) is 5.88 Å². The van der Waals surface area contributed by atoms with Gasteiger partial charge in [-0.25, -0.2) is 4.98 Å². The normalized spacial score (nSPS) is 9.27. The van der Waals surface area contributed by atoms with Crippen LogP contribution in [0, 0.1) is 6.92 Å². The Kier molecular flexibility index (Phi) is 2.21. The van der Waals surface area contributed by atoms with Gasteiger partial charge in [0, 0.05) is 24.8 Å². The molecule has 0 aliphatic heterocycles. The van der Waals surface area contributed by atoms with Crippen LogP contribution in [0.25, 0.3) is 0 Å². The number of nitrogens with zero attached hydrogens (tertiary/aromatic N) is 1. The molecule has 0 amide bonds. The van der Waals surface area contributed by atoms with Crippen LogP contribution in [0.4, 0.5) is 0 Å². The predicted molar refractivity (Wildman–Crippen MR) is 39.4 cm³/mol. The number of rotatable bonds is 2. The fraction of sp³-hybridized carbons (Fsp3) is 0.125. The zero-order chi connectivity index (χ0) is 8.27. The molecule has 1 aromatic rings. The molecular weight excluding hydrogens is 142 g/mol. The summed E-state index contributed by atoms with van der Waals surface area (Å²) in [4.78, 5) is 14.3. The summed E-state index contributed by atoms with van der Waals surface area (Å²) >= 11 is 0. The number of carbonyl (C=O) groups is 1. The number of hydrogen-bond donors (Lipinski definition) is 0. The number of aromatic nitrogens is 1. The lowest BCUT2D eigenvalue weighted by atomic mass is 10.2. The Morgan fingerprint density at radius 2 is 2.36 bits per heavy atom. The molecule has 0 spiro atoms. The van der Waals surface area contributed by atoms with Gasteiger partial charge in [-0.05, 0) is 6.07 Å². The van der Waals surface area contributed by atoms with E-state index in [1.807, 2.05) is 0 Å². The van der Waals surface area contributed by atoms with E-state index in [0.717, 1.165) is 0 Å². The highest BCUT2D eigenvalue weighted by atomic mass is 16.5. The zero-order valence-electron chi connectivity index (χ0n) is 6.07. The highest BCUT2D eigenvalue weighted by Crippen LogP contribution is 2.06. The Morgan fingerprint density at radius 3 is 2.73 bits per heavy atom. The molecule has 2 radical (unpaired) electrons. The second-order valence-corrected chi connectivity index (χ2v) is 1.95. The SMILES string of the molecule is [CH]C(=O)c1ccc(OC)nc1. The van der Waals surface area contributed by atoms with E-state index in [-0.39, 0.29) is 0 Å². The first kappa shape index (κ1) is 7.72. The number of pyridine rings is 1. The zero-order valence-corrected chi connectivity index (χ0v) is 6.07. The topological polar surface area (TPSA) is 39.2 Å². The Balaban J connectivity index is 2.91. The van der Waals surface area contributed by atoms with Crippen LogP contribution in [0.3, 0.4) is 0 Å². The van der Waals surface area contributed by atoms with Gasteiger partial charge in [-0.2, -0.15) is 0 Å². The van der Waals surface area contributed by atoms with Crippen LogP contribution in [-0.4, -0.2) is 17.9 Å². The summed E-state index contributed by atoms with van der Waals surface area (Å²) in [5, 5.41) is 0. The standard InChI is InChI=1S/C8H7NO2/c1-6(10)7-3-4-8(11-2)9-5-7/h1,3-5H,2H3. The number of carbonyl (C=O) groups excluding carboxylic acids is 1. The smallest absolute Gasteiger partial charge is 0.212 e. The van der Waals surface area contributed by atoms with Gasteiger partial charge in [0.25, 0.3) is 0 Å². The molecular formula is C8H7NO2. The van der Waals surface area contributed by atoms with Crippen LogP contribution in [0.2, 0.25) is 0 Å². The molecule has 11 heavy (non-hydrogen) atoms. The molecule has 0 aliphatic rings. The minimum Gasteiger partial charge on any atom is -0.481 e. The van der Waals surface area contributed by atoms with Crippen LogP contribution in [0.15, 0.2) is 18.3 Å². The summed E-state index contributed by atoms with van der Waals surface area (Å²) in [5.74, 6) is -0.0184. The minimum atomic E-state index is -0.486. The van der Waals surface area contributed by atoms with Crippen molar-refractivity contribution >= 4 is 5.78 Å². The largest absolute Gasteiger partial charge is 0.481 e. The summed E-state index contributed by atoms with van der Waals surface area (Å²) in [6.07, 6.45) is 1.38. The maximum atomic E-state index is 10.5. The number of Topliss-reactive ketones (excluding diaryl/α,β-unsaturated/α-hetero) is 1. The van der Waals surface area contributed by atoms with E-state index in [1.54, 1.807) is 12.1 Å². The average molecular weight is 149 g/mol. The number of methoxy groups -OCH3 is 1.